The molecular formula is C20H28N2O. The van der Waals surface area contributed by atoms with Crippen molar-refractivity contribution >= 4 is 0 Å². The molecule has 0 aliphatic heterocycles. The van der Waals surface area contributed by atoms with Crippen LogP contribution in [0.4, 0.5) is 0 Å². The minimum absolute atomic E-state index is 0.477. The molecule has 1 atom stereocenters. The van der Waals surface area contributed by atoms with E-state index < -0.39 is 0 Å². The lowest BCUT2D eigenvalue weighted by Gasteiger charge is -2.20. The highest BCUT2D eigenvalue weighted by atomic mass is 16.5. The summed E-state index contributed by atoms with van der Waals surface area (Å²) in [4.78, 5) is 0. The van der Waals surface area contributed by atoms with Gasteiger partial charge in [0.05, 0.1) is 6.61 Å². The number of fused-ring (bicyclic) bond motifs is 1. The highest BCUT2D eigenvalue weighted by Gasteiger charge is 2.14. The van der Waals surface area contributed by atoms with Crippen LogP contribution >= 0.6 is 0 Å². The van der Waals surface area contributed by atoms with Crippen molar-refractivity contribution in [3.05, 3.63) is 53.3 Å². The van der Waals surface area contributed by atoms with E-state index >= 15 is 0 Å². The van der Waals surface area contributed by atoms with Crippen molar-refractivity contribution in [1.29, 1.82) is 0 Å². The summed E-state index contributed by atoms with van der Waals surface area (Å²) in [6.45, 7) is 1.72. The summed E-state index contributed by atoms with van der Waals surface area (Å²) in [7, 11) is 4.12. The molecule has 1 aromatic carbocycles. The summed E-state index contributed by atoms with van der Waals surface area (Å²) in [5, 5.41) is 3.30. The molecule has 0 spiro atoms. The van der Waals surface area contributed by atoms with E-state index in [1.807, 2.05) is 7.05 Å². The lowest BCUT2D eigenvalue weighted by Crippen LogP contribution is -2.27. The first kappa shape index (κ1) is 16.1. The summed E-state index contributed by atoms with van der Waals surface area (Å²) in [5.41, 5.74) is 4.36. The molecule has 2 aromatic rings. The maximum absolute atomic E-state index is 6.13. The van der Waals surface area contributed by atoms with E-state index in [1.165, 1.54) is 42.5 Å². The molecule has 1 N–H and O–H groups in total. The maximum atomic E-state index is 6.13. The average molecular weight is 312 g/mol. The van der Waals surface area contributed by atoms with Crippen molar-refractivity contribution in [2.24, 2.45) is 13.0 Å². The number of benzene rings is 1. The standard InChI is InChI=1S/C20H28N2O/c1-21-14-16(12-19-8-5-11-22(19)2)15-23-20-10-9-17-6-3-4-7-18(17)13-20/h5,8-11,13,16,21H,3-4,6-7,12,14-15H2,1-2H3. The molecule has 0 bridgehead atoms. The predicted octanol–water partition coefficient (Wildman–Crippen LogP) is 3.36. The van der Waals surface area contributed by atoms with Crippen LogP contribution in [0.5, 0.6) is 5.75 Å². The number of rotatable bonds is 7. The fourth-order valence-electron chi connectivity index (χ4n) is 3.50. The predicted molar refractivity (Wildman–Crippen MR) is 95.1 cm³/mol. The Morgan fingerprint density at radius 1 is 1.17 bits per heavy atom. The third kappa shape index (κ3) is 4.17. The highest BCUT2D eigenvalue weighted by molar-refractivity contribution is 5.37. The summed E-state index contributed by atoms with van der Waals surface area (Å²) < 4.78 is 8.32. The number of ether oxygens (including phenoxy) is 1. The van der Waals surface area contributed by atoms with E-state index in [-0.39, 0.29) is 0 Å². The fraction of sp³-hybridized carbons (Fsp3) is 0.500. The van der Waals surface area contributed by atoms with Crippen LogP contribution in [0.15, 0.2) is 36.5 Å². The Bertz CT molecular complexity index is 632. The summed E-state index contributed by atoms with van der Waals surface area (Å²) in [6.07, 6.45) is 8.22. The Kier molecular flexibility index (Phi) is 5.39. The molecule has 0 saturated heterocycles. The quantitative estimate of drug-likeness (QED) is 0.848. The molecule has 1 aliphatic rings. The molecule has 3 rings (SSSR count). The largest absolute Gasteiger partial charge is 0.493 e. The third-order valence-corrected chi connectivity index (χ3v) is 4.85. The second kappa shape index (κ2) is 7.69. The van der Waals surface area contributed by atoms with Crippen LogP contribution in [0.1, 0.15) is 29.7 Å². The number of nitrogens with one attached hydrogen (secondary N) is 1. The molecular weight excluding hydrogens is 284 g/mol. The van der Waals surface area contributed by atoms with Gasteiger partial charge in [0.25, 0.3) is 0 Å². The summed E-state index contributed by atoms with van der Waals surface area (Å²) in [5.74, 6) is 1.50. The van der Waals surface area contributed by atoms with Gasteiger partial charge in [0.2, 0.25) is 0 Å². The zero-order chi connectivity index (χ0) is 16.1. The Morgan fingerprint density at radius 2 is 2.00 bits per heavy atom. The number of nitrogens with zero attached hydrogens (tertiary/aromatic N) is 1. The smallest absolute Gasteiger partial charge is 0.119 e. The Labute approximate surface area is 139 Å². The van der Waals surface area contributed by atoms with E-state index in [1.54, 1.807) is 0 Å². The van der Waals surface area contributed by atoms with E-state index in [2.05, 4.69) is 53.5 Å². The topological polar surface area (TPSA) is 26.2 Å². The minimum Gasteiger partial charge on any atom is -0.493 e. The second-order valence-electron chi connectivity index (χ2n) is 6.69. The number of aromatic nitrogens is 1. The zero-order valence-corrected chi connectivity index (χ0v) is 14.3. The van der Waals surface area contributed by atoms with Crippen LogP contribution < -0.4 is 10.1 Å². The van der Waals surface area contributed by atoms with Crippen LogP contribution in [0.2, 0.25) is 0 Å². The molecule has 3 nitrogen and oxygen atoms in total. The van der Waals surface area contributed by atoms with E-state index in [9.17, 15) is 0 Å². The van der Waals surface area contributed by atoms with Gasteiger partial charge in [-0.1, -0.05) is 6.07 Å². The lowest BCUT2D eigenvalue weighted by atomic mass is 9.92. The highest BCUT2D eigenvalue weighted by Crippen LogP contribution is 2.25. The third-order valence-electron chi connectivity index (χ3n) is 4.85. The Morgan fingerprint density at radius 3 is 2.74 bits per heavy atom. The van der Waals surface area contributed by atoms with Crippen molar-refractivity contribution in [3.63, 3.8) is 0 Å². The van der Waals surface area contributed by atoms with Gasteiger partial charge >= 0.3 is 0 Å². The summed E-state index contributed by atoms with van der Waals surface area (Å²) in [6, 6.07) is 11.0. The molecule has 0 radical (unpaired) electrons. The van der Waals surface area contributed by atoms with Gasteiger partial charge in [-0.3, -0.25) is 0 Å². The van der Waals surface area contributed by atoms with Gasteiger partial charge < -0.3 is 14.6 Å². The van der Waals surface area contributed by atoms with Gasteiger partial charge in [0.1, 0.15) is 5.75 Å². The van der Waals surface area contributed by atoms with E-state index in [0.29, 0.717) is 5.92 Å². The van der Waals surface area contributed by atoms with Crippen molar-refractivity contribution in [2.45, 2.75) is 32.1 Å². The van der Waals surface area contributed by atoms with Crippen LogP contribution in [-0.4, -0.2) is 24.8 Å². The Balaban J connectivity index is 1.61. The fourth-order valence-corrected chi connectivity index (χ4v) is 3.50. The molecule has 0 amide bonds. The van der Waals surface area contributed by atoms with Crippen molar-refractivity contribution in [1.82, 2.24) is 9.88 Å². The first-order valence-electron chi connectivity index (χ1n) is 8.75. The molecule has 1 heterocycles. The van der Waals surface area contributed by atoms with Gasteiger partial charge in [0, 0.05) is 31.4 Å². The monoisotopic (exact) mass is 312 g/mol. The zero-order valence-electron chi connectivity index (χ0n) is 14.3. The molecule has 1 unspecified atom stereocenters. The SMILES string of the molecule is CNCC(COc1ccc2c(c1)CCCC2)Cc1cccn1C. The van der Waals surface area contributed by atoms with E-state index in [4.69, 9.17) is 4.74 Å². The number of aryl methyl sites for hydroxylation is 3. The van der Waals surface area contributed by atoms with Crippen molar-refractivity contribution in [3.8, 4) is 5.75 Å². The molecule has 3 heteroatoms. The van der Waals surface area contributed by atoms with Crippen molar-refractivity contribution in [2.75, 3.05) is 20.2 Å². The normalized spacial score (nSPS) is 15.2. The maximum Gasteiger partial charge on any atom is 0.119 e. The van der Waals surface area contributed by atoms with Crippen LogP contribution in [0.3, 0.4) is 0 Å². The Hall–Kier alpha value is -1.74. The van der Waals surface area contributed by atoms with Gasteiger partial charge in [-0.05, 0) is 74.5 Å². The molecule has 0 saturated carbocycles. The number of hydrogen-bond acceptors (Lipinski definition) is 2. The van der Waals surface area contributed by atoms with Gasteiger partial charge in [-0.2, -0.15) is 0 Å². The molecule has 1 aliphatic carbocycles. The second-order valence-corrected chi connectivity index (χ2v) is 6.69. The van der Waals surface area contributed by atoms with Crippen LogP contribution in [0.25, 0.3) is 0 Å². The van der Waals surface area contributed by atoms with Gasteiger partial charge in [-0.15, -0.1) is 0 Å². The first-order chi connectivity index (χ1) is 11.3. The molecule has 124 valence electrons. The number of hydrogen-bond donors (Lipinski definition) is 1. The van der Waals surface area contributed by atoms with Gasteiger partial charge in [0.15, 0.2) is 0 Å². The molecule has 1 aromatic heterocycles. The summed E-state index contributed by atoms with van der Waals surface area (Å²) >= 11 is 0. The van der Waals surface area contributed by atoms with E-state index in [0.717, 1.165) is 25.3 Å². The van der Waals surface area contributed by atoms with Crippen LogP contribution in [-0.2, 0) is 26.3 Å². The molecule has 0 fully saturated rings. The van der Waals surface area contributed by atoms with Gasteiger partial charge in [-0.25, -0.2) is 0 Å². The van der Waals surface area contributed by atoms with Crippen LogP contribution in [0, 0.1) is 5.92 Å². The first-order valence-corrected chi connectivity index (χ1v) is 8.75. The lowest BCUT2D eigenvalue weighted by molar-refractivity contribution is 0.243. The minimum atomic E-state index is 0.477. The molecule has 23 heavy (non-hydrogen) atoms. The van der Waals surface area contributed by atoms with Crippen molar-refractivity contribution < 1.29 is 4.74 Å². The average Bonchev–Trinajstić information content (AvgIpc) is 2.97.